The van der Waals surface area contributed by atoms with Crippen LogP contribution >= 0.6 is 11.6 Å². The quantitative estimate of drug-likeness (QED) is 0.290. The summed E-state index contributed by atoms with van der Waals surface area (Å²) in [5, 5.41) is 7.08. The van der Waals surface area contributed by atoms with Crippen LogP contribution in [-0.4, -0.2) is 33.8 Å². The van der Waals surface area contributed by atoms with Crippen LogP contribution in [0.2, 0.25) is 5.02 Å². The standard InChI is InChI=1S/C14H14ClN7/c15-11-5-9(1-2-10(11)7-22-3-4-22)12-6-13(19-8-18-12)14(16)20-21-17/h1-2,5-6,8H,3-4,7H2,(H3,16,17,20). The number of benzene rings is 1. The summed E-state index contributed by atoms with van der Waals surface area (Å²) in [5.41, 5.74) is 15.5. The lowest BCUT2D eigenvalue weighted by Gasteiger charge is -2.08. The molecule has 0 spiro atoms. The van der Waals surface area contributed by atoms with Crippen LogP contribution < -0.4 is 5.73 Å². The minimum Gasteiger partial charge on any atom is -0.380 e. The van der Waals surface area contributed by atoms with E-state index < -0.39 is 0 Å². The molecule has 0 unspecified atom stereocenters. The second-order valence-corrected chi connectivity index (χ2v) is 5.36. The average Bonchev–Trinajstić information content (AvgIpc) is 3.34. The average molecular weight is 316 g/mol. The van der Waals surface area contributed by atoms with Gasteiger partial charge in [-0.3, -0.25) is 4.90 Å². The van der Waals surface area contributed by atoms with E-state index in [1.165, 1.54) is 6.33 Å². The highest BCUT2D eigenvalue weighted by atomic mass is 35.5. The van der Waals surface area contributed by atoms with Crippen LogP contribution in [0.5, 0.6) is 0 Å². The summed E-state index contributed by atoms with van der Waals surface area (Å²) in [5.74, 6) is 0.0721. The topological polar surface area (TPSA) is 103 Å². The molecule has 0 saturated carbocycles. The van der Waals surface area contributed by atoms with Crippen molar-refractivity contribution in [2.75, 3.05) is 13.1 Å². The highest BCUT2D eigenvalue weighted by Crippen LogP contribution is 2.26. The Balaban J connectivity index is 1.90. The Morgan fingerprint density at radius 1 is 1.32 bits per heavy atom. The molecule has 1 fully saturated rings. The van der Waals surface area contributed by atoms with Gasteiger partial charge >= 0.3 is 0 Å². The number of nitrogens with zero attached hydrogens (tertiary/aromatic N) is 5. The van der Waals surface area contributed by atoms with Gasteiger partial charge in [0.2, 0.25) is 0 Å². The predicted molar refractivity (Wildman–Crippen MR) is 83.6 cm³/mol. The maximum absolute atomic E-state index is 6.71. The van der Waals surface area contributed by atoms with Gasteiger partial charge in [0, 0.05) is 30.2 Å². The van der Waals surface area contributed by atoms with Crippen molar-refractivity contribution < 1.29 is 0 Å². The highest BCUT2D eigenvalue weighted by molar-refractivity contribution is 6.31. The number of amidine groups is 1. The number of nitrogens with two attached hydrogens (primary N) is 1. The first-order chi connectivity index (χ1) is 10.7. The number of nitrogens with one attached hydrogen (secondary N) is 1. The molecule has 0 aliphatic carbocycles. The first kappa shape index (κ1) is 14.6. The summed E-state index contributed by atoms with van der Waals surface area (Å²) < 4.78 is 0. The molecule has 0 radical (unpaired) electrons. The van der Waals surface area contributed by atoms with E-state index in [-0.39, 0.29) is 5.84 Å². The van der Waals surface area contributed by atoms with Crippen molar-refractivity contribution in [3.8, 4) is 11.3 Å². The fourth-order valence-electron chi connectivity index (χ4n) is 2.06. The van der Waals surface area contributed by atoms with Crippen molar-refractivity contribution in [1.29, 1.82) is 5.53 Å². The summed E-state index contributed by atoms with van der Waals surface area (Å²) in [6.07, 6.45) is 1.40. The number of rotatable bonds is 5. The second-order valence-electron chi connectivity index (χ2n) is 4.96. The third-order valence-electron chi connectivity index (χ3n) is 3.37. The SMILES string of the molecule is N=NN=C(N)c1cc(-c2ccc(CN3CC3)c(Cl)c2)ncn1. The second kappa shape index (κ2) is 6.17. The molecule has 0 atom stereocenters. The third kappa shape index (κ3) is 3.26. The molecular weight excluding hydrogens is 302 g/mol. The zero-order chi connectivity index (χ0) is 15.5. The van der Waals surface area contributed by atoms with Crippen LogP contribution in [0, 0.1) is 5.53 Å². The fraction of sp³-hybridized carbons (Fsp3) is 0.214. The molecule has 112 valence electrons. The molecule has 1 aromatic carbocycles. The van der Waals surface area contributed by atoms with E-state index in [4.69, 9.17) is 22.9 Å². The summed E-state index contributed by atoms with van der Waals surface area (Å²) >= 11 is 6.34. The Morgan fingerprint density at radius 3 is 2.82 bits per heavy atom. The molecule has 1 aliphatic rings. The summed E-state index contributed by atoms with van der Waals surface area (Å²) in [6.45, 7) is 3.14. The van der Waals surface area contributed by atoms with E-state index in [0.717, 1.165) is 30.8 Å². The molecule has 1 aromatic heterocycles. The van der Waals surface area contributed by atoms with E-state index >= 15 is 0 Å². The van der Waals surface area contributed by atoms with Crippen molar-refractivity contribution in [2.24, 2.45) is 16.1 Å². The van der Waals surface area contributed by atoms with Crippen LogP contribution in [0.1, 0.15) is 11.3 Å². The van der Waals surface area contributed by atoms with Crippen molar-refractivity contribution >= 4 is 17.4 Å². The number of aromatic nitrogens is 2. The van der Waals surface area contributed by atoms with Crippen molar-refractivity contribution in [3.63, 3.8) is 0 Å². The van der Waals surface area contributed by atoms with Crippen LogP contribution in [-0.2, 0) is 6.54 Å². The molecule has 3 rings (SSSR count). The fourth-order valence-corrected chi connectivity index (χ4v) is 2.31. The Bertz CT molecular complexity index is 740. The Hall–Kier alpha value is -2.38. The van der Waals surface area contributed by atoms with Crippen molar-refractivity contribution in [3.05, 3.63) is 46.9 Å². The smallest absolute Gasteiger partial charge is 0.173 e. The first-order valence-electron chi connectivity index (χ1n) is 6.71. The minimum atomic E-state index is 0.0721. The number of hydrogen-bond donors (Lipinski definition) is 2. The molecule has 8 heteroatoms. The zero-order valence-corrected chi connectivity index (χ0v) is 12.5. The normalized spacial score (nSPS) is 14.9. The van der Waals surface area contributed by atoms with Crippen LogP contribution in [0.3, 0.4) is 0 Å². The van der Waals surface area contributed by atoms with Crippen LogP contribution in [0.25, 0.3) is 11.3 Å². The van der Waals surface area contributed by atoms with Gasteiger partial charge < -0.3 is 5.73 Å². The first-order valence-corrected chi connectivity index (χ1v) is 7.08. The minimum absolute atomic E-state index is 0.0721. The predicted octanol–water partition coefficient (Wildman–Crippen LogP) is 2.26. The molecule has 1 aliphatic heterocycles. The molecule has 0 bridgehead atoms. The molecular formula is C14H14ClN7. The van der Waals surface area contributed by atoms with E-state index in [9.17, 15) is 0 Å². The van der Waals surface area contributed by atoms with Gasteiger partial charge in [-0.05, 0) is 17.7 Å². The maximum Gasteiger partial charge on any atom is 0.173 e. The molecule has 2 heterocycles. The largest absolute Gasteiger partial charge is 0.380 e. The Kier molecular flexibility index (Phi) is 4.08. The zero-order valence-electron chi connectivity index (χ0n) is 11.7. The lowest BCUT2D eigenvalue weighted by atomic mass is 10.1. The van der Waals surface area contributed by atoms with E-state index in [1.54, 1.807) is 6.07 Å². The lowest BCUT2D eigenvalue weighted by molar-refractivity contribution is 0.556. The highest BCUT2D eigenvalue weighted by Gasteiger charge is 2.18. The van der Waals surface area contributed by atoms with Gasteiger partial charge in [-0.25, -0.2) is 9.97 Å². The summed E-state index contributed by atoms with van der Waals surface area (Å²) in [4.78, 5) is 10.5. The van der Waals surface area contributed by atoms with Crippen molar-refractivity contribution in [1.82, 2.24) is 14.9 Å². The Labute approximate surface area is 132 Å². The van der Waals surface area contributed by atoms with Gasteiger partial charge in [0.15, 0.2) is 5.84 Å². The molecule has 7 nitrogen and oxygen atoms in total. The third-order valence-corrected chi connectivity index (χ3v) is 3.72. The van der Waals surface area contributed by atoms with E-state index in [2.05, 4.69) is 25.2 Å². The maximum atomic E-state index is 6.71. The molecule has 0 amide bonds. The van der Waals surface area contributed by atoms with Gasteiger partial charge in [0.1, 0.15) is 12.0 Å². The van der Waals surface area contributed by atoms with E-state index in [0.29, 0.717) is 16.4 Å². The Morgan fingerprint density at radius 2 is 2.14 bits per heavy atom. The van der Waals surface area contributed by atoms with Gasteiger partial charge in [-0.2, -0.15) is 5.53 Å². The van der Waals surface area contributed by atoms with Gasteiger partial charge in [-0.1, -0.05) is 29.0 Å². The lowest BCUT2D eigenvalue weighted by Crippen LogP contribution is -2.14. The van der Waals surface area contributed by atoms with Crippen LogP contribution in [0.4, 0.5) is 0 Å². The van der Waals surface area contributed by atoms with Gasteiger partial charge in [0.05, 0.1) is 5.69 Å². The van der Waals surface area contributed by atoms with Crippen molar-refractivity contribution in [2.45, 2.75) is 6.54 Å². The number of hydrogen-bond acceptors (Lipinski definition) is 5. The van der Waals surface area contributed by atoms with Crippen LogP contribution in [0.15, 0.2) is 40.9 Å². The molecule has 2 aromatic rings. The molecule has 22 heavy (non-hydrogen) atoms. The molecule has 1 saturated heterocycles. The van der Waals surface area contributed by atoms with Gasteiger partial charge in [-0.15, -0.1) is 5.10 Å². The van der Waals surface area contributed by atoms with E-state index in [1.807, 2.05) is 18.2 Å². The summed E-state index contributed by atoms with van der Waals surface area (Å²) in [6, 6.07) is 7.56. The molecule has 3 N–H and O–H groups in total. The van der Waals surface area contributed by atoms with Gasteiger partial charge in [0.25, 0.3) is 0 Å². The monoisotopic (exact) mass is 315 g/mol. The summed E-state index contributed by atoms with van der Waals surface area (Å²) in [7, 11) is 0. The number of halogens is 1.